The topological polar surface area (TPSA) is 57.7 Å². The number of hydrogen-bond donors (Lipinski definition) is 0. The summed E-state index contributed by atoms with van der Waals surface area (Å²) in [6.07, 6.45) is 5.83. The van der Waals surface area contributed by atoms with Crippen LogP contribution in [0.2, 0.25) is 0 Å². The number of nitrogens with zero attached hydrogens (tertiary/aromatic N) is 2. The maximum atomic E-state index is 12.9. The Morgan fingerprint density at radius 2 is 1.48 bits per heavy atom. The molecule has 2 fully saturated rings. The van der Waals surface area contributed by atoms with Crippen molar-refractivity contribution < 1.29 is 13.2 Å². The van der Waals surface area contributed by atoms with Crippen molar-refractivity contribution in [1.29, 1.82) is 0 Å². The summed E-state index contributed by atoms with van der Waals surface area (Å²) in [6, 6.07) is 7.21. The number of piperidine rings is 1. The summed E-state index contributed by atoms with van der Waals surface area (Å²) in [6.45, 7) is 6.77. The highest BCUT2D eigenvalue weighted by Gasteiger charge is 2.33. The maximum Gasteiger partial charge on any atom is 0.243 e. The fourth-order valence-electron chi connectivity index (χ4n) is 4.07. The highest BCUT2D eigenvalue weighted by molar-refractivity contribution is 7.89. The normalized spacial score (nSPS) is 20.6. The molecule has 0 atom stereocenters. The van der Waals surface area contributed by atoms with Gasteiger partial charge in [0.2, 0.25) is 15.9 Å². The zero-order valence-electron chi connectivity index (χ0n) is 16.6. The third-order valence-electron chi connectivity index (χ3n) is 5.91. The molecule has 3 rings (SSSR count). The Bertz CT molecular complexity index is 727. The molecule has 6 heteroatoms. The fourth-order valence-corrected chi connectivity index (χ4v) is 5.54. The van der Waals surface area contributed by atoms with Crippen LogP contribution in [0.3, 0.4) is 0 Å². The molecule has 0 aromatic heterocycles. The van der Waals surface area contributed by atoms with Gasteiger partial charge < -0.3 is 4.90 Å². The van der Waals surface area contributed by atoms with E-state index in [9.17, 15) is 13.2 Å². The van der Waals surface area contributed by atoms with Gasteiger partial charge in [0.1, 0.15) is 0 Å². The Labute approximate surface area is 163 Å². The van der Waals surface area contributed by atoms with E-state index in [0.717, 1.165) is 31.5 Å². The van der Waals surface area contributed by atoms with Gasteiger partial charge in [-0.15, -0.1) is 0 Å². The molecule has 0 radical (unpaired) electrons. The van der Waals surface area contributed by atoms with Crippen molar-refractivity contribution >= 4 is 15.9 Å². The third kappa shape index (κ3) is 4.72. The molecule has 27 heavy (non-hydrogen) atoms. The smallest absolute Gasteiger partial charge is 0.243 e. The van der Waals surface area contributed by atoms with Crippen LogP contribution in [-0.4, -0.2) is 49.7 Å². The van der Waals surface area contributed by atoms with Crippen molar-refractivity contribution in [3.63, 3.8) is 0 Å². The largest absolute Gasteiger partial charge is 0.342 e. The van der Waals surface area contributed by atoms with Crippen molar-refractivity contribution in [1.82, 2.24) is 9.21 Å². The zero-order valence-corrected chi connectivity index (χ0v) is 17.4. The summed E-state index contributed by atoms with van der Waals surface area (Å²) in [5.74, 6) is 0.579. The lowest BCUT2D eigenvalue weighted by atomic mass is 9.96. The minimum Gasteiger partial charge on any atom is -0.342 e. The standard InChI is InChI=1S/C21H32N2O3S/c1-17(2)18-7-9-20(10-8-18)27(25,26)23-15-11-19(12-16-23)21(24)22-13-5-3-4-6-14-22/h7-10,17,19H,3-6,11-16H2,1-2H3. The summed E-state index contributed by atoms with van der Waals surface area (Å²) in [5.41, 5.74) is 1.13. The molecule has 0 unspecified atom stereocenters. The third-order valence-corrected chi connectivity index (χ3v) is 7.82. The fraction of sp³-hybridized carbons (Fsp3) is 0.667. The average molecular weight is 393 g/mol. The average Bonchev–Trinajstić information content (AvgIpc) is 2.97. The van der Waals surface area contributed by atoms with Crippen LogP contribution in [-0.2, 0) is 14.8 Å². The van der Waals surface area contributed by atoms with Crippen molar-refractivity contribution in [3.05, 3.63) is 29.8 Å². The molecular weight excluding hydrogens is 360 g/mol. The second kappa shape index (κ2) is 8.74. The molecule has 0 aliphatic carbocycles. The molecule has 0 spiro atoms. The van der Waals surface area contributed by atoms with Crippen LogP contribution >= 0.6 is 0 Å². The van der Waals surface area contributed by atoms with Crippen LogP contribution in [0, 0.1) is 5.92 Å². The Hall–Kier alpha value is -1.40. The first-order valence-corrected chi connectivity index (χ1v) is 11.7. The molecule has 2 heterocycles. The van der Waals surface area contributed by atoms with E-state index in [0.29, 0.717) is 36.7 Å². The van der Waals surface area contributed by atoms with Gasteiger partial charge in [0, 0.05) is 32.1 Å². The van der Waals surface area contributed by atoms with Gasteiger partial charge in [-0.1, -0.05) is 38.8 Å². The van der Waals surface area contributed by atoms with Crippen molar-refractivity contribution in [2.45, 2.75) is 63.2 Å². The van der Waals surface area contributed by atoms with Gasteiger partial charge in [-0.25, -0.2) is 8.42 Å². The number of rotatable bonds is 4. The molecule has 0 bridgehead atoms. The van der Waals surface area contributed by atoms with Crippen molar-refractivity contribution in [3.8, 4) is 0 Å². The number of carbonyl (C=O) groups is 1. The lowest BCUT2D eigenvalue weighted by Crippen LogP contribution is -2.44. The molecule has 0 N–H and O–H groups in total. The minimum absolute atomic E-state index is 0.0298. The van der Waals surface area contributed by atoms with E-state index in [1.807, 2.05) is 17.0 Å². The van der Waals surface area contributed by atoms with Crippen LogP contribution in [0.4, 0.5) is 0 Å². The molecule has 0 saturated carbocycles. The quantitative estimate of drug-likeness (QED) is 0.786. The van der Waals surface area contributed by atoms with Gasteiger partial charge >= 0.3 is 0 Å². The van der Waals surface area contributed by atoms with Crippen LogP contribution in [0.1, 0.15) is 63.9 Å². The molecule has 2 aliphatic rings. The maximum absolute atomic E-state index is 12.9. The van der Waals surface area contributed by atoms with Gasteiger partial charge in [-0.2, -0.15) is 4.31 Å². The number of hydrogen-bond acceptors (Lipinski definition) is 3. The van der Waals surface area contributed by atoms with Gasteiger partial charge in [0.25, 0.3) is 0 Å². The zero-order chi connectivity index (χ0) is 19.4. The lowest BCUT2D eigenvalue weighted by molar-refractivity contribution is -0.136. The van der Waals surface area contributed by atoms with Crippen LogP contribution in [0.15, 0.2) is 29.2 Å². The second-order valence-corrected chi connectivity index (χ2v) is 10.1. The number of benzene rings is 1. The van der Waals surface area contributed by atoms with Gasteiger partial charge in [0.05, 0.1) is 4.90 Å². The van der Waals surface area contributed by atoms with E-state index >= 15 is 0 Å². The first-order chi connectivity index (χ1) is 12.9. The van der Waals surface area contributed by atoms with E-state index in [2.05, 4.69) is 13.8 Å². The van der Waals surface area contributed by atoms with Gasteiger partial charge in [-0.05, 0) is 49.3 Å². The highest BCUT2D eigenvalue weighted by Crippen LogP contribution is 2.27. The second-order valence-electron chi connectivity index (χ2n) is 8.14. The molecule has 5 nitrogen and oxygen atoms in total. The molecule has 2 aliphatic heterocycles. The predicted octanol–water partition coefficient (Wildman–Crippen LogP) is 3.61. The number of likely N-dealkylation sites (tertiary alicyclic amines) is 1. The molecule has 1 amide bonds. The Balaban J connectivity index is 1.61. The number of amides is 1. The molecule has 1 aromatic rings. The number of carbonyl (C=O) groups excluding carboxylic acids is 1. The van der Waals surface area contributed by atoms with Crippen LogP contribution in [0.25, 0.3) is 0 Å². The number of sulfonamides is 1. The Morgan fingerprint density at radius 1 is 0.926 bits per heavy atom. The Morgan fingerprint density at radius 3 is 2.00 bits per heavy atom. The predicted molar refractivity (Wildman–Crippen MR) is 107 cm³/mol. The summed E-state index contributed by atoms with van der Waals surface area (Å²) >= 11 is 0. The first-order valence-electron chi connectivity index (χ1n) is 10.3. The molecule has 1 aromatic carbocycles. The van der Waals surface area contributed by atoms with E-state index in [1.54, 1.807) is 16.4 Å². The van der Waals surface area contributed by atoms with E-state index in [4.69, 9.17) is 0 Å². The van der Waals surface area contributed by atoms with Crippen molar-refractivity contribution in [2.75, 3.05) is 26.2 Å². The Kier molecular flexibility index (Phi) is 6.58. The van der Waals surface area contributed by atoms with Crippen LogP contribution in [0.5, 0.6) is 0 Å². The molecule has 150 valence electrons. The van der Waals surface area contributed by atoms with Crippen LogP contribution < -0.4 is 0 Å². The summed E-state index contributed by atoms with van der Waals surface area (Å²) < 4.78 is 27.4. The van der Waals surface area contributed by atoms with Crippen molar-refractivity contribution in [2.24, 2.45) is 5.92 Å². The van der Waals surface area contributed by atoms with E-state index in [1.165, 1.54) is 12.8 Å². The molecule has 2 saturated heterocycles. The van der Waals surface area contributed by atoms with E-state index < -0.39 is 10.0 Å². The molecular formula is C21H32N2O3S. The lowest BCUT2D eigenvalue weighted by Gasteiger charge is -2.33. The monoisotopic (exact) mass is 392 g/mol. The summed E-state index contributed by atoms with van der Waals surface area (Å²) in [4.78, 5) is 15.1. The summed E-state index contributed by atoms with van der Waals surface area (Å²) in [5, 5.41) is 0. The SMILES string of the molecule is CC(C)c1ccc(S(=O)(=O)N2CCC(C(=O)N3CCCCCC3)CC2)cc1. The highest BCUT2D eigenvalue weighted by atomic mass is 32.2. The van der Waals surface area contributed by atoms with Gasteiger partial charge in [-0.3, -0.25) is 4.79 Å². The van der Waals surface area contributed by atoms with Gasteiger partial charge in [0.15, 0.2) is 0 Å². The minimum atomic E-state index is -3.48. The first kappa shape index (κ1) is 20.3. The summed E-state index contributed by atoms with van der Waals surface area (Å²) in [7, 11) is -3.48. The van der Waals surface area contributed by atoms with E-state index in [-0.39, 0.29) is 11.8 Å².